The number of para-hydroxylation sites is 1. The molecule has 0 aliphatic carbocycles. The van der Waals surface area contributed by atoms with Crippen molar-refractivity contribution in [3.05, 3.63) is 83.4 Å². The Kier molecular flexibility index (Phi) is 6.32. The van der Waals surface area contributed by atoms with Gasteiger partial charge in [0.25, 0.3) is 5.91 Å². The Bertz CT molecular complexity index is 941. The van der Waals surface area contributed by atoms with E-state index in [4.69, 9.17) is 0 Å². The van der Waals surface area contributed by atoms with E-state index in [9.17, 15) is 9.18 Å². The highest BCUT2D eigenvalue weighted by Crippen LogP contribution is 2.25. The molecular formula is C22H23FN4O. The number of anilines is 2. The number of halogens is 1. The molecule has 0 aliphatic rings. The van der Waals surface area contributed by atoms with Crippen LogP contribution in [0.3, 0.4) is 0 Å². The number of carbonyl (C=O) groups is 1. The third-order valence-electron chi connectivity index (χ3n) is 4.38. The molecule has 3 aromatic rings. The lowest BCUT2D eigenvalue weighted by atomic mass is 10.0. The summed E-state index contributed by atoms with van der Waals surface area (Å²) in [6, 6.07) is 14.5. The standard InChI is InChI=1S/C22H23FN4O/c1-15(2)18-8-4-6-10-20(18)27-22-25-13-17(14-26-22)21(28)24-12-11-16-7-3-5-9-19(16)23/h3-10,13-15H,11-12H2,1-2H3,(H,24,28)(H,25,26,27). The average Bonchev–Trinajstić information content (AvgIpc) is 2.70. The number of rotatable bonds is 7. The predicted molar refractivity (Wildman–Crippen MR) is 108 cm³/mol. The molecule has 1 heterocycles. The molecule has 0 aliphatic heterocycles. The maximum Gasteiger partial charge on any atom is 0.254 e. The lowest BCUT2D eigenvalue weighted by Crippen LogP contribution is -2.26. The van der Waals surface area contributed by atoms with Gasteiger partial charge in [-0.3, -0.25) is 4.79 Å². The lowest BCUT2D eigenvalue weighted by Gasteiger charge is -2.13. The molecule has 0 bridgehead atoms. The van der Waals surface area contributed by atoms with Crippen molar-refractivity contribution in [1.29, 1.82) is 0 Å². The van der Waals surface area contributed by atoms with Crippen LogP contribution in [0, 0.1) is 5.82 Å². The van der Waals surface area contributed by atoms with Gasteiger partial charge in [0.05, 0.1) is 5.56 Å². The van der Waals surface area contributed by atoms with Crippen molar-refractivity contribution in [3.8, 4) is 0 Å². The first kappa shape index (κ1) is 19.5. The van der Waals surface area contributed by atoms with E-state index in [2.05, 4.69) is 40.5 Å². The molecule has 6 heteroatoms. The van der Waals surface area contributed by atoms with Crippen molar-refractivity contribution < 1.29 is 9.18 Å². The van der Waals surface area contributed by atoms with E-state index < -0.39 is 0 Å². The van der Waals surface area contributed by atoms with Gasteiger partial charge in [-0.15, -0.1) is 0 Å². The second-order valence-electron chi connectivity index (χ2n) is 6.76. The first-order chi connectivity index (χ1) is 13.5. The molecule has 1 aromatic heterocycles. The molecule has 144 valence electrons. The maximum atomic E-state index is 13.6. The van der Waals surface area contributed by atoms with Gasteiger partial charge in [-0.1, -0.05) is 50.2 Å². The first-order valence-corrected chi connectivity index (χ1v) is 9.24. The molecule has 28 heavy (non-hydrogen) atoms. The van der Waals surface area contributed by atoms with Crippen molar-refractivity contribution in [2.45, 2.75) is 26.2 Å². The average molecular weight is 378 g/mol. The van der Waals surface area contributed by atoms with Gasteiger partial charge in [-0.25, -0.2) is 14.4 Å². The Balaban J connectivity index is 1.58. The summed E-state index contributed by atoms with van der Waals surface area (Å²) in [5, 5.41) is 5.96. The van der Waals surface area contributed by atoms with E-state index in [0.717, 1.165) is 5.69 Å². The first-order valence-electron chi connectivity index (χ1n) is 9.24. The number of hydrogen-bond donors (Lipinski definition) is 2. The van der Waals surface area contributed by atoms with Crippen molar-refractivity contribution in [1.82, 2.24) is 15.3 Å². The summed E-state index contributed by atoms with van der Waals surface area (Å²) in [5.41, 5.74) is 3.04. The van der Waals surface area contributed by atoms with Gasteiger partial charge >= 0.3 is 0 Å². The second kappa shape index (κ2) is 9.08. The predicted octanol–water partition coefficient (Wildman–Crippen LogP) is 4.46. The van der Waals surface area contributed by atoms with Crippen LogP contribution in [0.5, 0.6) is 0 Å². The minimum absolute atomic E-state index is 0.266. The summed E-state index contributed by atoms with van der Waals surface area (Å²) >= 11 is 0. The number of nitrogens with one attached hydrogen (secondary N) is 2. The normalized spacial score (nSPS) is 10.7. The molecule has 0 saturated carbocycles. The Morgan fingerprint density at radius 2 is 1.71 bits per heavy atom. The van der Waals surface area contributed by atoms with E-state index in [1.807, 2.05) is 18.2 Å². The highest BCUT2D eigenvalue weighted by atomic mass is 19.1. The highest BCUT2D eigenvalue weighted by molar-refractivity contribution is 5.93. The zero-order valence-electron chi connectivity index (χ0n) is 15.9. The van der Waals surface area contributed by atoms with Crippen LogP contribution >= 0.6 is 0 Å². The third kappa shape index (κ3) is 4.91. The second-order valence-corrected chi connectivity index (χ2v) is 6.76. The van der Waals surface area contributed by atoms with Crippen LogP contribution in [0.2, 0.25) is 0 Å². The van der Waals surface area contributed by atoms with Crippen molar-refractivity contribution in [2.24, 2.45) is 0 Å². The van der Waals surface area contributed by atoms with Crippen LogP contribution < -0.4 is 10.6 Å². The number of nitrogens with zero attached hydrogens (tertiary/aromatic N) is 2. The Labute approximate surface area is 164 Å². The fourth-order valence-corrected chi connectivity index (χ4v) is 2.86. The van der Waals surface area contributed by atoms with E-state index in [1.165, 1.54) is 24.0 Å². The molecule has 0 radical (unpaired) electrons. The number of aromatic nitrogens is 2. The van der Waals surface area contributed by atoms with Crippen LogP contribution in [0.25, 0.3) is 0 Å². The molecular weight excluding hydrogens is 355 g/mol. The summed E-state index contributed by atoms with van der Waals surface area (Å²) in [6.07, 6.45) is 3.38. The number of carbonyl (C=O) groups excluding carboxylic acids is 1. The zero-order chi connectivity index (χ0) is 19.9. The van der Waals surface area contributed by atoms with E-state index >= 15 is 0 Å². The van der Waals surface area contributed by atoms with Gasteiger partial charge < -0.3 is 10.6 Å². The van der Waals surface area contributed by atoms with Gasteiger partial charge in [0.15, 0.2) is 0 Å². The topological polar surface area (TPSA) is 66.9 Å². The Morgan fingerprint density at radius 3 is 2.43 bits per heavy atom. The molecule has 0 fully saturated rings. The molecule has 2 aromatic carbocycles. The minimum atomic E-state index is -0.287. The monoisotopic (exact) mass is 378 g/mol. The van der Waals surface area contributed by atoms with Crippen LogP contribution in [-0.2, 0) is 6.42 Å². The zero-order valence-corrected chi connectivity index (χ0v) is 15.9. The van der Waals surface area contributed by atoms with E-state index in [0.29, 0.717) is 36.0 Å². The number of hydrogen-bond acceptors (Lipinski definition) is 4. The van der Waals surface area contributed by atoms with Crippen LogP contribution in [0.15, 0.2) is 60.9 Å². The molecule has 0 atom stereocenters. The van der Waals surface area contributed by atoms with Crippen LogP contribution in [0.1, 0.15) is 41.3 Å². The summed E-state index contributed by atoms with van der Waals surface area (Å²) in [5.74, 6) is 0.238. The highest BCUT2D eigenvalue weighted by Gasteiger charge is 2.10. The van der Waals surface area contributed by atoms with Gasteiger partial charge in [0, 0.05) is 24.6 Å². The van der Waals surface area contributed by atoms with Crippen molar-refractivity contribution >= 4 is 17.5 Å². The number of amides is 1. The van der Waals surface area contributed by atoms with Gasteiger partial charge in [0.1, 0.15) is 5.82 Å². The van der Waals surface area contributed by atoms with Crippen molar-refractivity contribution in [2.75, 3.05) is 11.9 Å². The summed E-state index contributed by atoms with van der Waals surface area (Å²) < 4.78 is 13.6. The van der Waals surface area contributed by atoms with E-state index in [1.54, 1.807) is 18.2 Å². The van der Waals surface area contributed by atoms with Gasteiger partial charge in [-0.05, 0) is 35.6 Å². The molecule has 0 unspecified atom stereocenters. The maximum absolute atomic E-state index is 13.6. The molecule has 5 nitrogen and oxygen atoms in total. The number of benzene rings is 2. The smallest absolute Gasteiger partial charge is 0.254 e. The molecule has 0 spiro atoms. The summed E-state index contributed by atoms with van der Waals surface area (Å²) in [6.45, 7) is 4.58. The fraction of sp³-hybridized carbons (Fsp3) is 0.227. The molecule has 2 N–H and O–H groups in total. The lowest BCUT2D eigenvalue weighted by molar-refractivity contribution is 0.0953. The molecule has 0 saturated heterocycles. The Morgan fingerprint density at radius 1 is 1.04 bits per heavy atom. The SMILES string of the molecule is CC(C)c1ccccc1Nc1ncc(C(=O)NCCc2ccccc2F)cn1. The van der Waals surface area contributed by atoms with Crippen molar-refractivity contribution in [3.63, 3.8) is 0 Å². The van der Waals surface area contributed by atoms with Crippen LogP contribution in [0.4, 0.5) is 16.0 Å². The minimum Gasteiger partial charge on any atom is -0.352 e. The van der Waals surface area contributed by atoms with Crippen LogP contribution in [-0.4, -0.2) is 22.4 Å². The summed E-state index contributed by atoms with van der Waals surface area (Å²) in [7, 11) is 0. The molecule has 3 rings (SSSR count). The van der Waals surface area contributed by atoms with Gasteiger partial charge in [-0.2, -0.15) is 0 Å². The quantitative estimate of drug-likeness (QED) is 0.637. The largest absolute Gasteiger partial charge is 0.352 e. The Hall–Kier alpha value is -3.28. The summed E-state index contributed by atoms with van der Waals surface area (Å²) in [4.78, 5) is 20.7. The fourth-order valence-electron chi connectivity index (χ4n) is 2.86. The van der Waals surface area contributed by atoms with E-state index in [-0.39, 0.29) is 11.7 Å². The molecule has 1 amide bonds. The van der Waals surface area contributed by atoms with Gasteiger partial charge in [0.2, 0.25) is 5.95 Å². The third-order valence-corrected chi connectivity index (χ3v) is 4.38.